The number of thiazole rings is 1. The number of nitrogens with one attached hydrogen (secondary N) is 2. The molecule has 2 aromatic rings. The van der Waals surface area contributed by atoms with Crippen LogP contribution in [0.4, 0.5) is 5.13 Å². The highest BCUT2D eigenvalue weighted by atomic mass is 35.5. The third-order valence-corrected chi connectivity index (χ3v) is 6.36. The first-order valence-electron chi connectivity index (χ1n) is 9.28. The van der Waals surface area contributed by atoms with Gasteiger partial charge >= 0.3 is 0 Å². The number of carbonyl (C=O) groups excluding carboxylic acids is 1. The van der Waals surface area contributed by atoms with Gasteiger partial charge in [-0.1, -0.05) is 13.3 Å². The van der Waals surface area contributed by atoms with Crippen LogP contribution >= 0.6 is 23.7 Å². The molecule has 0 radical (unpaired) electrons. The van der Waals surface area contributed by atoms with Crippen molar-refractivity contribution in [2.24, 2.45) is 5.92 Å². The highest BCUT2D eigenvalue weighted by Gasteiger charge is 2.23. The van der Waals surface area contributed by atoms with Crippen LogP contribution in [0.3, 0.4) is 0 Å². The van der Waals surface area contributed by atoms with Crippen molar-refractivity contribution < 1.29 is 4.79 Å². The number of piperidine rings is 1. The SMILES string of the molecule is CCC1CCc2nc(NC(=O)c3ccn(C4CCCNC4)n3)sc2C1.Cl. The molecule has 6 nitrogen and oxygen atoms in total. The Hall–Kier alpha value is -1.44. The van der Waals surface area contributed by atoms with E-state index in [1.807, 2.05) is 10.9 Å². The second-order valence-electron chi connectivity index (χ2n) is 7.04. The van der Waals surface area contributed by atoms with Crippen LogP contribution in [0.5, 0.6) is 0 Å². The highest BCUT2D eigenvalue weighted by Crippen LogP contribution is 2.33. The van der Waals surface area contributed by atoms with Gasteiger partial charge in [-0.3, -0.25) is 14.8 Å². The Morgan fingerprint density at radius 1 is 1.46 bits per heavy atom. The van der Waals surface area contributed by atoms with E-state index in [4.69, 9.17) is 0 Å². The minimum absolute atomic E-state index is 0. The monoisotopic (exact) mass is 395 g/mol. The molecule has 2 N–H and O–H groups in total. The van der Waals surface area contributed by atoms with Crippen molar-refractivity contribution in [3.05, 3.63) is 28.5 Å². The van der Waals surface area contributed by atoms with Gasteiger partial charge in [-0.05, 0) is 50.6 Å². The number of fused-ring (bicyclic) bond motifs is 1. The lowest BCUT2D eigenvalue weighted by Crippen LogP contribution is -2.32. The van der Waals surface area contributed by atoms with E-state index in [0.717, 1.165) is 44.7 Å². The van der Waals surface area contributed by atoms with E-state index in [9.17, 15) is 4.79 Å². The van der Waals surface area contributed by atoms with Gasteiger partial charge in [-0.25, -0.2) is 4.98 Å². The van der Waals surface area contributed by atoms with Gasteiger partial charge in [0.05, 0.1) is 11.7 Å². The lowest BCUT2D eigenvalue weighted by molar-refractivity contribution is 0.102. The summed E-state index contributed by atoms with van der Waals surface area (Å²) in [5, 5.41) is 11.5. The van der Waals surface area contributed by atoms with Crippen molar-refractivity contribution in [1.29, 1.82) is 0 Å². The molecule has 0 spiro atoms. The van der Waals surface area contributed by atoms with Crippen molar-refractivity contribution in [1.82, 2.24) is 20.1 Å². The number of amides is 1. The summed E-state index contributed by atoms with van der Waals surface area (Å²) >= 11 is 1.62. The van der Waals surface area contributed by atoms with Crippen molar-refractivity contribution in [3.63, 3.8) is 0 Å². The molecule has 3 heterocycles. The van der Waals surface area contributed by atoms with E-state index in [1.165, 1.54) is 23.4 Å². The molecule has 1 saturated heterocycles. The normalized spacial score (nSPS) is 22.3. The van der Waals surface area contributed by atoms with Crippen LogP contribution in [0, 0.1) is 5.92 Å². The van der Waals surface area contributed by atoms with Gasteiger partial charge in [0.1, 0.15) is 0 Å². The Morgan fingerprint density at radius 2 is 2.35 bits per heavy atom. The minimum Gasteiger partial charge on any atom is -0.315 e. The number of hydrogen-bond donors (Lipinski definition) is 2. The highest BCUT2D eigenvalue weighted by molar-refractivity contribution is 7.15. The first kappa shape index (κ1) is 19.3. The molecule has 26 heavy (non-hydrogen) atoms. The number of nitrogens with zero attached hydrogens (tertiary/aromatic N) is 3. The van der Waals surface area contributed by atoms with E-state index in [0.29, 0.717) is 16.9 Å². The molecule has 2 aromatic heterocycles. The second kappa shape index (κ2) is 8.50. The molecule has 8 heteroatoms. The van der Waals surface area contributed by atoms with Crippen LogP contribution in [0.1, 0.15) is 59.7 Å². The van der Waals surface area contributed by atoms with Crippen molar-refractivity contribution in [2.75, 3.05) is 18.4 Å². The summed E-state index contributed by atoms with van der Waals surface area (Å²) in [6, 6.07) is 2.14. The Labute approximate surface area is 164 Å². The smallest absolute Gasteiger partial charge is 0.277 e. The van der Waals surface area contributed by atoms with Crippen LogP contribution in [-0.2, 0) is 12.8 Å². The van der Waals surface area contributed by atoms with E-state index >= 15 is 0 Å². The molecule has 1 amide bonds. The van der Waals surface area contributed by atoms with Crippen LogP contribution in [0.2, 0.25) is 0 Å². The molecule has 0 bridgehead atoms. The summed E-state index contributed by atoms with van der Waals surface area (Å²) < 4.78 is 1.92. The van der Waals surface area contributed by atoms with E-state index in [1.54, 1.807) is 17.4 Å². The van der Waals surface area contributed by atoms with Gasteiger partial charge in [0.15, 0.2) is 10.8 Å². The number of anilines is 1. The van der Waals surface area contributed by atoms with Gasteiger partial charge < -0.3 is 5.32 Å². The summed E-state index contributed by atoms with van der Waals surface area (Å²) in [6.45, 7) is 4.23. The fourth-order valence-corrected chi connectivity index (χ4v) is 4.85. The molecule has 1 aliphatic carbocycles. The topological polar surface area (TPSA) is 71.8 Å². The first-order valence-corrected chi connectivity index (χ1v) is 10.1. The second-order valence-corrected chi connectivity index (χ2v) is 8.12. The Morgan fingerprint density at radius 3 is 3.12 bits per heavy atom. The number of aryl methyl sites for hydroxylation is 1. The minimum atomic E-state index is -0.166. The van der Waals surface area contributed by atoms with Gasteiger partial charge in [0.2, 0.25) is 0 Å². The third-order valence-electron chi connectivity index (χ3n) is 5.33. The molecule has 4 rings (SSSR count). The fraction of sp³-hybridized carbons (Fsp3) is 0.611. The maximum Gasteiger partial charge on any atom is 0.277 e. The number of rotatable bonds is 4. The zero-order valence-electron chi connectivity index (χ0n) is 15.0. The molecular formula is C18H26ClN5OS. The van der Waals surface area contributed by atoms with E-state index < -0.39 is 0 Å². The number of carbonyl (C=O) groups is 1. The predicted octanol–water partition coefficient (Wildman–Crippen LogP) is 3.45. The molecule has 0 saturated carbocycles. The summed E-state index contributed by atoms with van der Waals surface area (Å²) in [7, 11) is 0. The van der Waals surface area contributed by atoms with Crippen molar-refractivity contribution >= 4 is 34.8 Å². The molecule has 142 valence electrons. The third kappa shape index (κ3) is 4.10. The summed E-state index contributed by atoms with van der Waals surface area (Å²) in [6.07, 6.45) is 8.72. The van der Waals surface area contributed by atoms with Crippen molar-refractivity contribution in [2.45, 2.75) is 51.5 Å². The Balaban J connectivity index is 0.00000196. The quantitative estimate of drug-likeness (QED) is 0.831. The summed E-state index contributed by atoms with van der Waals surface area (Å²) in [5.41, 5.74) is 1.63. The lowest BCUT2D eigenvalue weighted by Gasteiger charge is -2.22. The molecular weight excluding hydrogens is 370 g/mol. The van der Waals surface area contributed by atoms with Crippen LogP contribution in [-0.4, -0.2) is 33.8 Å². The number of halogens is 1. The van der Waals surface area contributed by atoms with Crippen molar-refractivity contribution in [3.8, 4) is 0 Å². The van der Waals surface area contributed by atoms with Gasteiger partial charge in [0, 0.05) is 17.6 Å². The molecule has 2 atom stereocenters. The Kier molecular flexibility index (Phi) is 6.32. The van der Waals surface area contributed by atoms with Gasteiger partial charge in [-0.15, -0.1) is 23.7 Å². The maximum atomic E-state index is 12.5. The first-order chi connectivity index (χ1) is 12.2. The van der Waals surface area contributed by atoms with E-state index in [-0.39, 0.29) is 18.3 Å². The number of aromatic nitrogens is 3. The van der Waals surface area contributed by atoms with Gasteiger partial charge in [0.25, 0.3) is 5.91 Å². The largest absolute Gasteiger partial charge is 0.315 e. The predicted molar refractivity (Wildman–Crippen MR) is 106 cm³/mol. The summed E-state index contributed by atoms with van der Waals surface area (Å²) in [5.74, 6) is 0.594. The zero-order chi connectivity index (χ0) is 17.2. The van der Waals surface area contributed by atoms with Crippen LogP contribution in [0.25, 0.3) is 0 Å². The van der Waals surface area contributed by atoms with Crippen LogP contribution < -0.4 is 10.6 Å². The van der Waals surface area contributed by atoms with Gasteiger partial charge in [-0.2, -0.15) is 5.10 Å². The fourth-order valence-electron chi connectivity index (χ4n) is 3.73. The number of hydrogen-bond acceptors (Lipinski definition) is 5. The molecule has 0 aromatic carbocycles. The van der Waals surface area contributed by atoms with Crippen LogP contribution in [0.15, 0.2) is 12.3 Å². The molecule has 1 aliphatic heterocycles. The standard InChI is InChI=1S/C18H25N5OS.ClH/c1-2-12-5-6-14-16(10-12)25-18(20-14)21-17(24)15-7-9-23(22-15)13-4-3-8-19-11-13;/h7,9,12-13,19H,2-6,8,10-11H2,1H3,(H,20,21,24);1H. The Bertz CT molecular complexity index is 753. The molecule has 2 aliphatic rings. The summed E-state index contributed by atoms with van der Waals surface area (Å²) in [4.78, 5) is 18.5. The lowest BCUT2D eigenvalue weighted by atomic mass is 9.89. The molecule has 2 unspecified atom stereocenters. The molecule has 1 fully saturated rings. The average molecular weight is 396 g/mol. The maximum absolute atomic E-state index is 12.5. The zero-order valence-corrected chi connectivity index (χ0v) is 16.7. The van der Waals surface area contributed by atoms with E-state index in [2.05, 4.69) is 27.6 Å². The average Bonchev–Trinajstić information content (AvgIpc) is 3.28.